The third-order valence-corrected chi connectivity index (χ3v) is 4.22. The summed E-state index contributed by atoms with van der Waals surface area (Å²) in [5.74, 6) is -0.383. The maximum absolute atomic E-state index is 12.6. The zero-order chi connectivity index (χ0) is 17.0. The van der Waals surface area contributed by atoms with Crippen molar-refractivity contribution in [1.29, 1.82) is 5.26 Å². The number of nitrogens with zero attached hydrogens (tertiary/aromatic N) is 2. The Bertz CT molecular complexity index is 646. The molecule has 0 radical (unpaired) electrons. The van der Waals surface area contributed by atoms with E-state index < -0.39 is 18.1 Å². The van der Waals surface area contributed by atoms with Gasteiger partial charge >= 0.3 is 57.4 Å². The number of nitrogens with one attached hydrogen (secondary N) is 1. The predicted molar refractivity (Wildman–Crippen MR) is 91.2 cm³/mol. The van der Waals surface area contributed by atoms with Crippen LogP contribution >= 0.6 is 0 Å². The molecule has 2 rings (SSSR count). The molecule has 7 nitrogen and oxygen atoms in total. The first-order chi connectivity index (χ1) is 11.0. The second kappa shape index (κ2) is 9.39. The van der Waals surface area contributed by atoms with E-state index in [4.69, 9.17) is 15.7 Å². The van der Waals surface area contributed by atoms with Crippen molar-refractivity contribution < 1.29 is 14.3 Å². The second-order valence-electron chi connectivity index (χ2n) is 5.57. The van der Waals surface area contributed by atoms with Gasteiger partial charge in [0.15, 0.2) is 0 Å². The fraction of sp³-hybridized carbons (Fsp3) is 0.438. The second-order valence-corrected chi connectivity index (χ2v) is 5.57. The molecule has 0 aromatic heterocycles. The SMILES string of the molecule is CC[C@H](C)[C@H]1C(=O)Nc2ccccc2C(COC#N)N1C(N)=O.[KH]. The number of ether oxygens (including phenoxy) is 1. The quantitative estimate of drug-likeness (QED) is 0.626. The minimum atomic E-state index is -0.725. The molecule has 1 unspecified atom stereocenters. The van der Waals surface area contributed by atoms with E-state index in [-0.39, 0.29) is 69.8 Å². The number of hydrogen-bond acceptors (Lipinski definition) is 4. The van der Waals surface area contributed by atoms with E-state index in [1.54, 1.807) is 30.5 Å². The standard InChI is InChI=1S/C16H20N4O3.K.H/c1-3-10(2)14-15(21)19-12-7-5-4-6-11(12)13(8-23-9-17)20(14)16(18)22;;/h4-7,10,13-14H,3,8H2,1-2H3,(H2,18,22)(H,19,21);;/t10-,13?,14-;;/m0../s1. The van der Waals surface area contributed by atoms with Crippen LogP contribution in [0, 0.1) is 17.4 Å². The maximum atomic E-state index is 12.6. The molecule has 1 aliphatic heterocycles. The molecular weight excluding hydrogens is 335 g/mol. The summed E-state index contributed by atoms with van der Waals surface area (Å²) in [6, 6.07) is 5.08. The van der Waals surface area contributed by atoms with Gasteiger partial charge in [-0.05, 0) is 12.0 Å². The molecule has 0 saturated heterocycles. The number of urea groups is 1. The third-order valence-electron chi connectivity index (χ3n) is 4.22. The minimum absolute atomic E-state index is 0. The first kappa shape index (κ1) is 20.9. The van der Waals surface area contributed by atoms with E-state index in [0.29, 0.717) is 17.7 Å². The van der Waals surface area contributed by atoms with Gasteiger partial charge in [-0.1, -0.05) is 38.5 Å². The fourth-order valence-corrected chi connectivity index (χ4v) is 2.91. The number of fused-ring (bicyclic) bond motifs is 1. The van der Waals surface area contributed by atoms with E-state index in [0.717, 1.165) is 0 Å². The summed E-state index contributed by atoms with van der Waals surface area (Å²) in [5, 5.41) is 11.6. The Morgan fingerprint density at radius 3 is 2.75 bits per heavy atom. The molecule has 0 spiro atoms. The molecule has 124 valence electrons. The van der Waals surface area contributed by atoms with Gasteiger partial charge in [-0.25, -0.2) is 4.79 Å². The number of para-hydroxylation sites is 1. The summed E-state index contributed by atoms with van der Waals surface area (Å²) < 4.78 is 4.88. The average Bonchev–Trinajstić information content (AvgIpc) is 2.66. The molecule has 1 aliphatic rings. The van der Waals surface area contributed by atoms with E-state index >= 15 is 0 Å². The Morgan fingerprint density at radius 2 is 2.17 bits per heavy atom. The summed E-state index contributed by atoms with van der Waals surface area (Å²) in [4.78, 5) is 26.1. The molecule has 0 aliphatic carbocycles. The monoisotopic (exact) mass is 356 g/mol. The molecule has 1 aromatic carbocycles. The van der Waals surface area contributed by atoms with Gasteiger partial charge < -0.3 is 20.7 Å². The Labute approximate surface area is 183 Å². The Morgan fingerprint density at radius 1 is 1.50 bits per heavy atom. The Balaban J connectivity index is 0.00000288. The molecule has 0 fully saturated rings. The van der Waals surface area contributed by atoms with Crippen LogP contribution in [0.2, 0.25) is 0 Å². The van der Waals surface area contributed by atoms with Crippen LogP contribution in [0.15, 0.2) is 24.3 Å². The zero-order valence-corrected chi connectivity index (χ0v) is 13.2. The van der Waals surface area contributed by atoms with Crippen molar-refractivity contribution in [3.8, 4) is 6.26 Å². The number of rotatable bonds is 4. The molecule has 1 heterocycles. The number of carbonyl (C=O) groups is 2. The van der Waals surface area contributed by atoms with Crippen LogP contribution in [0.3, 0.4) is 0 Å². The number of hydrogen-bond donors (Lipinski definition) is 2. The topological polar surface area (TPSA) is 108 Å². The molecule has 1 aromatic rings. The molecule has 0 bridgehead atoms. The Hall–Kier alpha value is -1.11. The van der Waals surface area contributed by atoms with Crippen LogP contribution in [-0.4, -0.2) is 80.9 Å². The number of amides is 3. The average molecular weight is 356 g/mol. The van der Waals surface area contributed by atoms with Gasteiger partial charge in [0, 0.05) is 11.3 Å². The van der Waals surface area contributed by atoms with Crippen LogP contribution in [0.5, 0.6) is 0 Å². The number of anilines is 1. The number of carbonyl (C=O) groups excluding carboxylic acids is 2. The van der Waals surface area contributed by atoms with Crippen molar-refractivity contribution in [3.05, 3.63) is 29.8 Å². The van der Waals surface area contributed by atoms with Gasteiger partial charge in [0.2, 0.25) is 5.91 Å². The zero-order valence-electron chi connectivity index (χ0n) is 13.2. The van der Waals surface area contributed by atoms with E-state index in [1.807, 2.05) is 13.8 Å². The number of benzene rings is 1. The molecule has 3 atom stereocenters. The van der Waals surface area contributed by atoms with Crippen LogP contribution in [-0.2, 0) is 9.53 Å². The van der Waals surface area contributed by atoms with Gasteiger partial charge in [-0.2, -0.15) is 5.26 Å². The molecular formula is C16H21KN4O3. The molecule has 3 amide bonds. The van der Waals surface area contributed by atoms with Gasteiger partial charge in [0.1, 0.15) is 12.6 Å². The molecule has 24 heavy (non-hydrogen) atoms. The summed E-state index contributed by atoms with van der Waals surface area (Å²) in [7, 11) is 0. The summed E-state index contributed by atoms with van der Waals surface area (Å²) >= 11 is 0. The van der Waals surface area contributed by atoms with Crippen LogP contribution in [0.4, 0.5) is 10.5 Å². The molecule has 3 N–H and O–H groups in total. The van der Waals surface area contributed by atoms with Gasteiger partial charge in [-0.15, -0.1) is 0 Å². The van der Waals surface area contributed by atoms with Gasteiger partial charge in [-0.3, -0.25) is 4.79 Å². The normalized spacial score (nSPS) is 20.5. The summed E-state index contributed by atoms with van der Waals surface area (Å²) in [6.45, 7) is 3.77. The number of primary amides is 1. The number of nitrogens with two attached hydrogens (primary N) is 1. The van der Waals surface area contributed by atoms with E-state index in [9.17, 15) is 9.59 Å². The van der Waals surface area contributed by atoms with Crippen LogP contribution in [0.25, 0.3) is 0 Å². The third kappa shape index (κ3) is 4.29. The summed E-state index contributed by atoms with van der Waals surface area (Å²) in [5.41, 5.74) is 6.86. The van der Waals surface area contributed by atoms with E-state index in [2.05, 4.69) is 5.32 Å². The Kier molecular flexibility index (Phi) is 8.19. The van der Waals surface area contributed by atoms with Crippen molar-refractivity contribution in [2.45, 2.75) is 32.4 Å². The van der Waals surface area contributed by atoms with Crippen molar-refractivity contribution in [1.82, 2.24) is 4.90 Å². The fourth-order valence-electron chi connectivity index (χ4n) is 2.91. The van der Waals surface area contributed by atoms with Gasteiger partial charge in [0.25, 0.3) is 6.26 Å². The van der Waals surface area contributed by atoms with Crippen LogP contribution < -0.4 is 11.1 Å². The van der Waals surface area contributed by atoms with Crippen molar-refractivity contribution >= 4 is 69.0 Å². The van der Waals surface area contributed by atoms with Crippen molar-refractivity contribution in [3.63, 3.8) is 0 Å². The first-order valence-corrected chi connectivity index (χ1v) is 7.49. The van der Waals surface area contributed by atoms with Crippen LogP contribution in [0.1, 0.15) is 31.9 Å². The predicted octanol–water partition coefficient (Wildman–Crippen LogP) is 1.32. The van der Waals surface area contributed by atoms with Crippen molar-refractivity contribution in [2.24, 2.45) is 11.7 Å². The molecule has 8 heteroatoms. The van der Waals surface area contributed by atoms with Crippen molar-refractivity contribution in [2.75, 3.05) is 11.9 Å². The summed E-state index contributed by atoms with van der Waals surface area (Å²) in [6.07, 6.45) is 2.31. The first-order valence-electron chi connectivity index (χ1n) is 7.49. The molecule has 0 saturated carbocycles. The van der Waals surface area contributed by atoms with Gasteiger partial charge in [0.05, 0.1) is 6.04 Å². The van der Waals surface area contributed by atoms with E-state index in [1.165, 1.54) is 4.90 Å². The number of nitriles is 1.